The van der Waals surface area contributed by atoms with Crippen LogP contribution < -0.4 is 0 Å². The molecule has 0 fully saturated rings. The van der Waals surface area contributed by atoms with E-state index < -0.39 is 0 Å². The predicted molar refractivity (Wildman–Crippen MR) is 180 cm³/mol. The van der Waals surface area contributed by atoms with Gasteiger partial charge in [-0.15, -0.1) is 0 Å². The SMILES string of the molecule is Cc1ccc2c(c1)c(-c1ccc3c4c(cccc14)-c1ccccc1-3)cc1c3ccc(C)c4c3c(cc21)-c1ccccc1-4. The van der Waals surface area contributed by atoms with Gasteiger partial charge in [-0.25, -0.2) is 0 Å². The van der Waals surface area contributed by atoms with Crippen LogP contribution in [0, 0.1) is 13.8 Å². The van der Waals surface area contributed by atoms with Gasteiger partial charge in [0, 0.05) is 0 Å². The molecule has 0 heterocycles. The molecule has 0 aromatic heterocycles. The van der Waals surface area contributed by atoms with Crippen molar-refractivity contribution in [1.29, 1.82) is 0 Å². The summed E-state index contributed by atoms with van der Waals surface area (Å²) in [6, 6.07) is 46.0. The van der Waals surface area contributed by atoms with Crippen molar-refractivity contribution < 1.29 is 0 Å². The third-order valence-electron chi connectivity index (χ3n) is 9.92. The molecule has 0 amide bonds. The topological polar surface area (TPSA) is 0 Å². The zero-order chi connectivity index (χ0) is 27.7. The highest BCUT2D eigenvalue weighted by atomic mass is 14.3. The lowest BCUT2D eigenvalue weighted by atomic mass is 9.86. The fraction of sp³-hybridized carbons (Fsp3) is 0.0476. The summed E-state index contributed by atoms with van der Waals surface area (Å²) < 4.78 is 0. The minimum absolute atomic E-state index is 1.29. The Labute approximate surface area is 244 Å². The first-order valence-corrected chi connectivity index (χ1v) is 14.9. The number of benzene rings is 8. The second kappa shape index (κ2) is 7.75. The molecule has 8 aromatic carbocycles. The lowest BCUT2D eigenvalue weighted by Gasteiger charge is -2.17. The Morgan fingerprint density at radius 1 is 0.310 bits per heavy atom. The van der Waals surface area contributed by atoms with Crippen molar-refractivity contribution in [3.8, 4) is 55.6 Å². The number of hydrogen-bond donors (Lipinski definition) is 0. The monoisotopic (exact) mass is 530 g/mol. The smallest absolute Gasteiger partial charge is 0.00172 e. The number of aryl methyl sites for hydroxylation is 2. The number of fused-ring (bicyclic) bond motifs is 10. The van der Waals surface area contributed by atoms with Crippen LogP contribution in [0.25, 0.3) is 98.7 Å². The van der Waals surface area contributed by atoms with Gasteiger partial charge >= 0.3 is 0 Å². The van der Waals surface area contributed by atoms with Gasteiger partial charge in [0.05, 0.1) is 0 Å². The predicted octanol–water partition coefficient (Wildman–Crippen LogP) is 11.9. The fourth-order valence-corrected chi connectivity index (χ4v) is 8.13. The van der Waals surface area contributed by atoms with E-state index in [1.165, 1.54) is 110 Å². The Bertz CT molecular complexity index is 2500. The highest BCUT2D eigenvalue weighted by Gasteiger charge is 2.26. The third-order valence-corrected chi connectivity index (χ3v) is 9.92. The molecule has 0 aliphatic heterocycles. The van der Waals surface area contributed by atoms with Crippen LogP contribution in [-0.2, 0) is 0 Å². The van der Waals surface area contributed by atoms with Gasteiger partial charge in [0.2, 0.25) is 0 Å². The molecule has 8 aromatic rings. The van der Waals surface area contributed by atoms with Crippen LogP contribution in [0.2, 0.25) is 0 Å². The Morgan fingerprint density at radius 3 is 1.74 bits per heavy atom. The second-order valence-electron chi connectivity index (χ2n) is 12.2. The van der Waals surface area contributed by atoms with E-state index in [4.69, 9.17) is 0 Å². The van der Waals surface area contributed by atoms with E-state index in [2.05, 4.69) is 135 Å². The Balaban J connectivity index is 1.37. The van der Waals surface area contributed by atoms with Crippen molar-refractivity contribution >= 4 is 43.1 Å². The lowest BCUT2D eigenvalue weighted by Crippen LogP contribution is -1.90. The second-order valence-corrected chi connectivity index (χ2v) is 12.2. The van der Waals surface area contributed by atoms with Crippen LogP contribution in [0.5, 0.6) is 0 Å². The molecular weight excluding hydrogens is 504 g/mol. The summed E-state index contributed by atoms with van der Waals surface area (Å²) in [6.07, 6.45) is 0. The van der Waals surface area contributed by atoms with Crippen molar-refractivity contribution in [1.82, 2.24) is 0 Å². The number of rotatable bonds is 1. The molecule has 42 heavy (non-hydrogen) atoms. The van der Waals surface area contributed by atoms with Gasteiger partial charge in [-0.1, -0.05) is 115 Å². The van der Waals surface area contributed by atoms with Crippen LogP contribution in [0.3, 0.4) is 0 Å². The molecule has 0 bridgehead atoms. The molecule has 0 N–H and O–H groups in total. The van der Waals surface area contributed by atoms with Gasteiger partial charge in [-0.3, -0.25) is 0 Å². The van der Waals surface area contributed by atoms with Crippen molar-refractivity contribution in [2.45, 2.75) is 13.8 Å². The minimum Gasteiger partial charge on any atom is -0.0616 e. The van der Waals surface area contributed by atoms with E-state index in [0.717, 1.165) is 0 Å². The van der Waals surface area contributed by atoms with Gasteiger partial charge in [0.25, 0.3) is 0 Å². The quantitative estimate of drug-likeness (QED) is 0.185. The molecule has 194 valence electrons. The van der Waals surface area contributed by atoms with Crippen LogP contribution >= 0.6 is 0 Å². The van der Waals surface area contributed by atoms with Crippen molar-refractivity contribution in [2.75, 3.05) is 0 Å². The zero-order valence-electron chi connectivity index (χ0n) is 23.5. The summed E-state index contributed by atoms with van der Waals surface area (Å²) in [6.45, 7) is 4.47. The first-order valence-electron chi connectivity index (χ1n) is 14.9. The Hall–Kier alpha value is -5.20. The van der Waals surface area contributed by atoms with Gasteiger partial charge in [0.1, 0.15) is 0 Å². The summed E-state index contributed by atoms with van der Waals surface area (Å²) in [5.41, 5.74) is 16.1. The largest absolute Gasteiger partial charge is 0.0616 e. The van der Waals surface area contributed by atoms with Crippen LogP contribution in [-0.4, -0.2) is 0 Å². The number of hydrogen-bond acceptors (Lipinski definition) is 0. The summed E-state index contributed by atoms with van der Waals surface area (Å²) in [7, 11) is 0. The summed E-state index contributed by atoms with van der Waals surface area (Å²) in [5.74, 6) is 0. The van der Waals surface area contributed by atoms with Gasteiger partial charge < -0.3 is 0 Å². The first kappa shape index (κ1) is 22.5. The molecule has 0 heteroatoms. The molecule has 0 spiro atoms. The Kier molecular flexibility index (Phi) is 4.15. The van der Waals surface area contributed by atoms with E-state index in [1.54, 1.807) is 0 Å². The van der Waals surface area contributed by atoms with Crippen molar-refractivity contribution in [2.24, 2.45) is 0 Å². The molecule has 0 nitrogen and oxygen atoms in total. The molecule has 0 radical (unpaired) electrons. The van der Waals surface area contributed by atoms with Crippen LogP contribution in [0.1, 0.15) is 11.1 Å². The fourth-order valence-electron chi connectivity index (χ4n) is 8.13. The van der Waals surface area contributed by atoms with Gasteiger partial charge in [-0.2, -0.15) is 0 Å². The molecule has 2 aliphatic carbocycles. The van der Waals surface area contributed by atoms with E-state index in [0.29, 0.717) is 0 Å². The van der Waals surface area contributed by atoms with E-state index >= 15 is 0 Å². The normalized spacial score (nSPS) is 12.5. The van der Waals surface area contributed by atoms with Gasteiger partial charge in [-0.05, 0) is 130 Å². The third kappa shape index (κ3) is 2.68. The maximum absolute atomic E-state index is 2.49. The average Bonchev–Trinajstić information content (AvgIpc) is 3.54. The summed E-state index contributed by atoms with van der Waals surface area (Å²) >= 11 is 0. The Morgan fingerprint density at radius 2 is 0.929 bits per heavy atom. The summed E-state index contributed by atoms with van der Waals surface area (Å²) in [5, 5.41) is 10.8. The minimum atomic E-state index is 1.29. The van der Waals surface area contributed by atoms with Crippen LogP contribution in [0.4, 0.5) is 0 Å². The average molecular weight is 531 g/mol. The zero-order valence-corrected chi connectivity index (χ0v) is 23.5. The molecule has 0 saturated heterocycles. The molecule has 0 atom stereocenters. The molecular formula is C42H26. The maximum atomic E-state index is 2.49. The van der Waals surface area contributed by atoms with E-state index in [9.17, 15) is 0 Å². The van der Waals surface area contributed by atoms with Crippen LogP contribution in [0.15, 0.2) is 121 Å². The summed E-state index contributed by atoms with van der Waals surface area (Å²) in [4.78, 5) is 0. The first-order chi connectivity index (χ1) is 20.7. The highest BCUT2D eigenvalue weighted by molar-refractivity contribution is 6.30. The van der Waals surface area contributed by atoms with Gasteiger partial charge in [0.15, 0.2) is 0 Å². The van der Waals surface area contributed by atoms with E-state index in [-0.39, 0.29) is 0 Å². The molecule has 10 rings (SSSR count). The molecule has 2 aliphatic rings. The highest BCUT2D eigenvalue weighted by Crippen LogP contribution is 2.53. The van der Waals surface area contributed by atoms with Crippen molar-refractivity contribution in [3.05, 3.63) is 132 Å². The van der Waals surface area contributed by atoms with Crippen molar-refractivity contribution in [3.63, 3.8) is 0 Å². The molecule has 0 saturated carbocycles. The molecule has 0 unspecified atom stereocenters. The van der Waals surface area contributed by atoms with E-state index in [1.807, 2.05) is 0 Å². The lowest BCUT2D eigenvalue weighted by molar-refractivity contribution is 1.51. The standard InChI is InChI=1S/C42H26/c1-23-14-16-29-35(20-23)36(28-18-19-33-26-9-4-3-8-25(26)31-12-7-13-32(28)41(31)33)21-38-34-17-15-24(2)40-30-11-6-5-10-27(30)39(42(34)40)22-37(29)38/h3-22H,1-2H3. The maximum Gasteiger partial charge on any atom is -0.00172 e.